The molecule has 0 spiro atoms. The monoisotopic (exact) mass is 444 g/mol. The number of Topliss-reactive ketones (excluding diaryl/α,β-unsaturated/α-hetero) is 1. The lowest BCUT2D eigenvalue weighted by Gasteiger charge is -2.34. The number of likely N-dealkylation sites (N-methyl/N-ethyl adjacent to an activating group) is 1. The van der Waals surface area contributed by atoms with Crippen LogP contribution in [0.4, 0.5) is 0 Å². The Bertz CT molecular complexity index is 995. The van der Waals surface area contributed by atoms with Crippen molar-refractivity contribution in [3.05, 3.63) is 59.2 Å². The largest absolute Gasteiger partial charge is 0.497 e. The van der Waals surface area contributed by atoms with Crippen molar-refractivity contribution in [2.45, 2.75) is 26.4 Å². The third-order valence-electron chi connectivity index (χ3n) is 6.50. The third kappa shape index (κ3) is 3.79. The van der Waals surface area contributed by atoms with E-state index in [1.807, 2.05) is 49.1 Å². The SMILES string of the molecule is CCN1C(=O)c2ccccc2C(=O)[C@@]2(C)CN(Cc3cc(OC)ccc3OC)C[C@@H]12.Cl. The molecule has 1 amide bonds. The number of hydrogen-bond donors (Lipinski definition) is 0. The summed E-state index contributed by atoms with van der Waals surface area (Å²) in [5.41, 5.74) is 1.39. The predicted octanol–water partition coefficient (Wildman–Crippen LogP) is 3.67. The zero-order valence-electron chi connectivity index (χ0n) is 18.4. The van der Waals surface area contributed by atoms with Crippen LogP contribution in [0.15, 0.2) is 42.5 Å². The highest BCUT2D eigenvalue weighted by Gasteiger charge is 2.54. The molecule has 6 nitrogen and oxygen atoms in total. The Hall–Kier alpha value is -2.57. The summed E-state index contributed by atoms with van der Waals surface area (Å²) < 4.78 is 10.9. The molecule has 2 aromatic rings. The normalized spacial score (nSPS) is 23.0. The molecule has 7 heteroatoms. The Balaban J connectivity index is 0.00000272. The van der Waals surface area contributed by atoms with Gasteiger partial charge in [0.05, 0.1) is 31.2 Å². The van der Waals surface area contributed by atoms with Crippen LogP contribution in [0, 0.1) is 5.41 Å². The first kappa shape index (κ1) is 23.1. The van der Waals surface area contributed by atoms with Crippen molar-refractivity contribution >= 4 is 24.1 Å². The second kappa shape index (κ2) is 8.89. The van der Waals surface area contributed by atoms with E-state index in [4.69, 9.17) is 9.47 Å². The van der Waals surface area contributed by atoms with Crippen molar-refractivity contribution in [2.24, 2.45) is 5.41 Å². The first-order valence-electron chi connectivity index (χ1n) is 10.3. The van der Waals surface area contributed by atoms with Crippen molar-refractivity contribution in [1.29, 1.82) is 0 Å². The highest BCUT2D eigenvalue weighted by Crippen LogP contribution is 2.42. The minimum absolute atomic E-state index is 0. The highest BCUT2D eigenvalue weighted by atomic mass is 35.5. The Kier molecular flexibility index (Phi) is 6.62. The molecule has 4 rings (SSSR count). The smallest absolute Gasteiger partial charge is 0.254 e. The Morgan fingerprint density at radius 2 is 1.77 bits per heavy atom. The summed E-state index contributed by atoms with van der Waals surface area (Å²) in [6.45, 7) is 6.38. The first-order chi connectivity index (χ1) is 14.4. The minimum atomic E-state index is -0.662. The van der Waals surface area contributed by atoms with E-state index in [0.717, 1.165) is 17.1 Å². The maximum absolute atomic E-state index is 13.6. The van der Waals surface area contributed by atoms with E-state index >= 15 is 0 Å². The first-order valence-corrected chi connectivity index (χ1v) is 10.3. The molecule has 0 aliphatic carbocycles. The number of fused-ring (bicyclic) bond motifs is 2. The lowest BCUT2D eigenvalue weighted by Crippen LogP contribution is -2.49. The molecule has 0 radical (unpaired) electrons. The fraction of sp³-hybridized carbons (Fsp3) is 0.417. The van der Waals surface area contributed by atoms with E-state index in [1.54, 1.807) is 26.4 Å². The lowest BCUT2D eigenvalue weighted by atomic mass is 9.78. The van der Waals surface area contributed by atoms with E-state index in [9.17, 15) is 9.59 Å². The number of ether oxygens (including phenoxy) is 2. The van der Waals surface area contributed by atoms with E-state index in [1.165, 1.54) is 0 Å². The lowest BCUT2D eigenvalue weighted by molar-refractivity contribution is 0.0560. The maximum atomic E-state index is 13.6. The van der Waals surface area contributed by atoms with Crippen LogP contribution in [0.5, 0.6) is 11.5 Å². The molecule has 2 aliphatic rings. The number of carbonyl (C=O) groups excluding carboxylic acids is 2. The van der Waals surface area contributed by atoms with Gasteiger partial charge in [-0.25, -0.2) is 0 Å². The molecular formula is C24H29ClN2O4. The van der Waals surface area contributed by atoms with Crippen molar-refractivity contribution in [3.63, 3.8) is 0 Å². The van der Waals surface area contributed by atoms with Crippen LogP contribution >= 0.6 is 12.4 Å². The van der Waals surface area contributed by atoms with E-state index in [0.29, 0.717) is 37.3 Å². The predicted molar refractivity (Wildman–Crippen MR) is 121 cm³/mol. The molecule has 2 aromatic carbocycles. The number of nitrogens with zero attached hydrogens (tertiary/aromatic N) is 2. The van der Waals surface area contributed by atoms with Gasteiger partial charge in [0.15, 0.2) is 5.78 Å². The molecule has 0 bridgehead atoms. The van der Waals surface area contributed by atoms with Crippen LogP contribution in [0.3, 0.4) is 0 Å². The van der Waals surface area contributed by atoms with Gasteiger partial charge in [0.2, 0.25) is 0 Å². The summed E-state index contributed by atoms with van der Waals surface area (Å²) in [6, 6.07) is 12.8. The van der Waals surface area contributed by atoms with Gasteiger partial charge in [-0.15, -0.1) is 12.4 Å². The van der Waals surface area contributed by atoms with Crippen LogP contribution in [0.1, 0.15) is 40.1 Å². The summed E-state index contributed by atoms with van der Waals surface area (Å²) in [5, 5.41) is 0. The number of likely N-dealkylation sites (tertiary alicyclic amines) is 1. The van der Waals surface area contributed by atoms with Crippen LogP contribution in [0.25, 0.3) is 0 Å². The Labute approximate surface area is 189 Å². The van der Waals surface area contributed by atoms with Gasteiger partial charge >= 0.3 is 0 Å². The fourth-order valence-electron chi connectivity index (χ4n) is 4.95. The van der Waals surface area contributed by atoms with Crippen molar-refractivity contribution in [3.8, 4) is 11.5 Å². The van der Waals surface area contributed by atoms with Crippen molar-refractivity contribution < 1.29 is 19.1 Å². The Morgan fingerprint density at radius 1 is 1.06 bits per heavy atom. The number of ketones is 1. The van der Waals surface area contributed by atoms with Crippen LogP contribution in [-0.2, 0) is 6.54 Å². The summed E-state index contributed by atoms with van der Waals surface area (Å²) in [6.07, 6.45) is 0. The summed E-state index contributed by atoms with van der Waals surface area (Å²) in [7, 11) is 3.29. The number of hydrogen-bond acceptors (Lipinski definition) is 5. The quantitative estimate of drug-likeness (QED) is 0.704. The number of methoxy groups -OCH3 is 2. The van der Waals surface area contributed by atoms with Crippen LogP contribution in [0.2, 0.25) is 0 Å². The van der Waals surface area contributed by atoms with Gasteiger partial charge in [0.25, 0.3) is 5.91 Å². The molecular weight excluding hydrogens is 416 g/mol. The molecule has 2 atom stereocenters. The molecule has 2 heterocycles. The number of benzene rings is 2. The third-order valence-corrected chi connectivity index (χ3v) is 6.50. The molecule has 0 unspecified atom stereocenters. The fourth-order valence-corrected chi connectivity index (χ4v) is 4.95. The van der Waals surface area contributed by atoms with E-state index < -0.39 is 5.41 Å². The van der Waals surface area contributed by atoms with Gasteiger partial charge in [0, 0.05) is 37.3 Å². The molecule has 0 saturated carbocycles. The van der Waals surface area contributed by atoms with Crippen molar-refractivity contribution in [1.82, 2.24) is 9.80 Å². The van der Waals surface area contributed by atoms with Crippen molar-refractivity contribution in [2.75, 3.05) is 33.9 Å². The molecule has 1 fully saturated rings. The van der Waals surface area contributed by atoms with E-state index in [2.05, 4.69) is 4.90 Å². The van der Waals surface area contributed by atoms with Gasteiger partial charge in [-0.1, -0.05) is 18.2 Å². The van der Waals surface area contributed by atoms with Crippen LogP contribution in [-0.4, -0.2) is 61.4 Å². The van der Waals surface area contributed by atoms with Gasteiger partial charge in [-0.3, -0.25) is 14.5 Å². The molecule has 0 aromatic heterocycles. The zero-order chi connectivity index (χ0) is 21.5. The topological polar surface area (TPSA) is 59.1 Å². The number of halogens is 1. The second-order valence-corrected chi connectivity index (χ2v) is 8.25. The van der Waals surface area contributed by atoms with Gasteiger partial charge < -0.3 is 14.4 Å². The number of amides is 1. The van der Waals surface area contributed by atoms with Gasteiger partial charge in [-0.05, 0) is 38.1 Å². The maximum Gasteiger partial charge on any atom is 0.254 e. The van der Waals surface area contributed by atoms with Gasteiger partial charge in [0.1, 0.15) is 11.5 Å². The standard InChI is InChI=1S/C24H28N2O4.ClH/c1-5-26-21-14-25(13-16-12-17(29-3)10-11-20(16)30-4)15-24(21,2)22(27)18-8-6-7-9-19(18)23(26)28;/h6-12,21H,5,13-15H2,1-4H3;1H/t21-,24+;/m1./s1. The highest BCUT2D eigenvalue weighted by molar-refractivity contribution is 6.12. The summed E-state index contributed by atoms with van der Waals surface area (Å²) in [4.78, 5) is 31.0. The molecule has 0 N–H and O–H groups in total. The number of rotatable bonds is 5. The van der Waals surface area contributed by atoms with Crippen LogP contribution < -0.4 is 9.47 Å². The summed E-state index contributed by atoms with van der Waals surface area (Å²) >= 11 is 0. The summed E-state index contributed by atoms with van der Waals surface area (Å²) in [5.74, 6) is 1.54. The molecule has 31 heavy (non-hydrogen) atoms. The van der Waals surface area contributed by atoms with E-state index in [-0.39, 0.29) is 30.1 Å². The number of carbonyl (C=O) groups is 2. The molecule has 1 saturated heterocycles. The molecule has 166 valence electrons. The van der Waals surface area contributed by atoms with Gasteiger partial charge in [-0.2, -0.15) is 0 Å². The average molecular weight is 445 g/mol. The average Bonchev–Trinajstić information content (AvgIpc) is 3.07. The minimum Gasteiger partial charge on any atom is -0.497 e. The Morgan fingerprint density at radius 3 is 2.42 bits per heavy atom. The second-order valence-electron chi connectivity index (χ2n) is 8.25. The molecule has 2 aliphatic heterocycles. The zero-order valence-corrected chi connectivity index (χ0v) is 19.2.